The van der Waals surface area contributed by atoms with E-state index >= 15 is 0 Å². The van der Waals surface area contributed by atoms with Crippen molar-refractivity contribution in [3.05, 3.63) is 46.9 Å². The lowest BCUT2D eigenvalue weighted by atomic mass is 10.0. The smallest absolute Gasteiger partial charge is 0.247 e. The molecule has 2 atom stereocenters. The average Bonchev–Trinajstić information content (AvgIpc) is 3.26. The van der Waals surface area contributed by atoms with Crippen LogP contribution in [-0.2, 0) is 15.2 Å². The number of nitrogens with zero attached hydrogens (tertiary/aromatic N) is 4. The molecule has 3 heterocycles. The van der Waals surface area contributed by atoms with Crippen LogP contribution in [0, 0.1) is 12.7 Å². The van der Waals surface area contributed by atoms with Crippen molar-refractivity contribution in [2.75, 3.05) is 12.8 Å². The van der Waals surface area contributed by atoms with Crippen LogP contribution < -0.4 is 5.73 Å². The standard InChI is InChI=1S/C19H20FN5O2S2/c1-11-23-24-17(27-11)13-7-5-6-12(8-13)15-9-14(20)16(28-15)19(2)10-29(4,26)25(3)18(21)22-19/h5-9H,4,10H2,1-3H3,(H2,21,22)/t19-,29?/m0/s1. The minimum atomic E-state index is -2.69. The van der Waals surface area contributed by atoms with E-state index in [0.29, 0.717) is 21.5 Å². The number of rotatable bonds is 3. The van der Waals surface area contributed by atoms with Crippen molar-refractivity contribution in [1.29, 1.82) is 0 Å². The largest absolute Gasteiger partial charge is 0.421 e. The molecule has 0 fully saturated rings. The summed E-state index contributed by atoms with van der Waals surface area (Å²) in [6, 6.07) is 8.89. The molecule has 1 aliphatic rings. The summed E-state index contributed by atoms with van der Waals surface area (Å²) in [5.41, 5.74) is 6.43. The summed E-state index contributed by atoms with van der Waals surface area (Å²) in [5.74, 6) is 4.40. The summed E-state index contributed by atoms with van der Waals surface area (Å²) < 4.78 is 34.6. The number of aromatic nitrogens is 2. The van der Waals surface area contributed by atoms with E-state index < -0.39 is 21.1 Å². The highest BCUT2D eigenvalue weighted by Gasteiger charge is 2.40. The van der Waals surface area contributed by atoms with Gasteiger partial charge in [-0.15, -0.1) is 21.5 Å². The zero-order valence-electron chi connectivity index (χ0n) is 16.2. The van der Waals surface area contributed by atoms with Crippen molar-refractivity contribution in [3.8, 4) is 21.9 Å². The van der Waals surface area contributed by atoms with E-state index in [1.54, 1.807) is 20.9 Å². The van der Waals surface area contributed by atoms with E-state index in [9.17, 15) is 8.60 Å². The molecule has 0 saturated carbocycles. The van der Waals surface area contributed by atoms with E-state index in [4.69, 9.17) is 10.2 Å². The number of thiophene rings is 1. The van der Waals surface area contributed by atoms with Crippen molar-refractivity contribution in [1.82, 2.24) is 14.5 Å². The number of benzene rings is 1. The maximum Gasteiger partial charge on any atom is 0.247 e. The van der Waals surface area contributed by atoms with Crippen molar-refractivity contribution < 1.29 is 13.0 Å². The van der Waals surface area contributed by atoms with Gasteiger partial charge >= 0.3 is 0 Å². The van der Waals surface area contributed by atoms with Crippen LogP contribution in [0.4, 0.5) is 4.39 Å². The van der Waals surface area contributed by atoms with Gasteiger partial charge in [0.25, 0.3) is 0 Å². The molecule has 4 rings (SSSR count). The molecule has 3 aromatic rings. The quantitative estimate of drug-likeness (QED) is 0.641. The third kappa shape index (κ3) is 3.42. The normalized spacial score (nSPS) is 24.6. The predicted molar refractivity (Wildman–Crippen MR) is 115 cm³/mol. The molecule has 1 unspecified atom stereocenters. The maximum absolute atomic E-state index is 15.0. The number of guanidine groups is 1. The Labute approximate surface area is 172 Å². The van der Waals surface area contributed by atoms with Crippen LogP contribution in [0.2, 0.25) is 0 Å². The van der Waals surface area contributed by atoms with E-state index in [1.807, 2.05) is 24.3 Å². The summed E-state index contributed by atoms with van der Waals surface area (Å²) in [5, 5.41) is 7.87. The van der Waals surface area contributed by atoms with Gasteiger partial charge in [-0.2, -0.15) is 0 Å². The number of hydrogen-bond acceptors (Lipinski definition) is 7. The molecule has 29 heavy (non-hydrogen) atoms. The Balaban J connectivity index is 1.76. The minimum absolute atomic E-state index is 0.0787. The second-order valence-electron chi connectivity index (χ2n) is 7.15. The van der Waals surface area contributed by atoms with Crippen molar-refractivity contribution in [2.45, 2.75) is 19.4 Å². The SMILES string of the molecule is C=S1(=O)C[C@@](C)(c2sc(-c3cccc(-c4nnc(C)o4)c3)cc2F)N=C(N)N1C. The topological polar surface area (TPSA) is 97.6 Å². The van der Waals surface area contributed by atoms with Crippen LogP contribution in [-0.4, -0.2) is 43.3 Å². The molecule has 1 aliphatic heterocycles. The second-order valence-corrected chi connectivity index (χ2v) is 10.6. The van der Waals surface area contributed by atoms with E-state index in [1.165, 1.54) is 21.7 Å². The zero-order chi connectivity index (χ0) is 21.0. The number of aliphatic imine (C=N–C) groups is 1. The summed E-state index contributed by atoms with van der Waals surface area (Å²) in [7, 11) is -1.11. The van der Waals surface area contributed by atoms with Gasteiger partial charge in [0.1, 0.15) is 11.4 Å². The Kier molecular flexibility index (Phi) is 4.50. The predicted octanol–water partition coefficient (Wildman–Crippen LogP) is 3.02. The second kappa shape index (κ2) is 6.67. The fourth-order valence-corrected chi connectivity index (χ4v) is 6.15. The molecule has 7 nitrogen and oxygen atoms in total. The minimum Gasteiger partial charge on any atom is -0.421 e. The highest BCUT2D eigenvalue weighted by atomic mass is 32.2. The Morgan fingerprint density at radius 2 is 2.07 bits per heavy atom. The molecule has 1 aromatic carbocycles. The number of hydrogen-bond donors (Lipinski definition) is 1. The molecule has 2 N–H and O–H groups in total. The molecular weight excluding hydrogens is 413 g/mol. The fourth-order valence-electron chi connectivity index (χ4n) is 3.28. The van der Waals surface area contributed by atoms with Gasteiger partial charge < -0.3 is 10.2 Å². The van der Waals surface area contributed by atoms with Gasteiger partial charge in [0.05, 0.1) is 20.3 Å². The Morgan fingerprint density at radius 1 is 1.34 bits per heavy atom. The van der Waals surface area contributed by atoms with Crippen LogP contribution in [0.1, 0.15) is 17.7 Å². The lowest BCUT2D eigenvalue weighted by Gasteiger charge is -2.36. The highest BCUT2D eigenvalue weighted by molar-refractivity contribution is 7.98. The zero-order valence-corrected chi connectivity index (χ0v) is 17.8. The third-order valence-electron chi connectivity index (χ3n) is 4.79. The Hall–Kier alpha value is -2.72. The third-order valence-corrected chi connectivity index (χ3v) is 8.40. The molecule has 0 saturated heterocycles. The van der Waals surface area contributed by atoms with Gasteiger partial charge in [-0.1, -0.05) is 12.1 Å². The van der Waals surface area contributed by atoms with Gasteiger partial charge in [-0.25, -0.2) is 13.6 Å². The summed E-state index contributed by atoms with van der Waals surface area (Å²) in [6.07, 6.45) is 0. The van der Waals surface area contributed by atoms with Gasteiger partial charge in [0, 0.05) is 24.4 Å². The Morgan fingerprint density at radius 3 is 2.72 bits per heavy atom. The van der Waals surface area contributed by atoms with Crippen LogP contribution in [0.15, 0.2) is 39.7 Å². The molecule has 0 spiro atoms. The number of nitrogens with two attached hydrogens (primary N) is 1. The molecule has 0 radical (unpaired) electrons. The lowest BCUT2D eigenvalue weighted by Crippen LogP contribution is -2.50. The van der Waals surface area contributed by atoms with Gasteiger partial charge in [0.15, 0.2) is 0 Å². The molecule has 152 valence electrons. The monoisotopic (exact) mass is 433 g/mol. The molecule has 0 aliphatic carbocycles. The van der Waals surface area contributed by atoms with Gasteiger partial charge in [0.2, 0.25) is 17.7 Å². The van der Waals surface area contributed by atoms with Crippen molar-refractivity contribution >= 4 is 32.9 Å². The molecule has 2 aromatic heterocycles. The number of halogens is 1. The van der Waals surface area contributed by atoms with Crippen LogP contribution >= 0.6 is 11.3 Å². The first kappa shape index (κ1) is 19.6. The van der Waals surface area contributed by atoms with Gasteiger partial charge in [-0.3, -0.25) is 4.31 Å². The maximum atomic E-state index is 15.0. The molecule has 10 heteroatoms. The fraction of sp³-hybridized carbons (Fsp3) is 0.263. The summed E-state index contributed by atoms with van der Waals surface area (Å²) >= 11 is 1.25. The summed E-state index contributed by atoms with van der Waals surface area (Å²) in [6.45, 7) is 3.45. The van der Waals surface area contributed by atoms with Gasteiger partial charge in [-0.05, 0) is 36.6 Å². The first-order chi connectivity index (χ1) is 13.6. The first-order valence-corrected chi connectivity index (χ1v) is 11.4. The van der Waals surface area contributed by atoms with Crippen molar-refractivity contribution in [3.63, 3.8) is 0 Å². The Bertz CT molecular complexity index is 1230. The average molecular weight is 434 g/mol. The van der Waals surface area contributed by atoms with Crippen LogP contribution in [0.5, 0.6) is 0 Å². The highest BCUT2D eigenvalue weighted by Crippen LogP contribution is 2.41. The lowest BCUT2D eigenvalue weighted by molar-refractivity contribution is 0.493. The van der Waals surface area contributed by atoms with Crippen molar-refractivity contribution in [2.24, 2.45) is 10.7 Å². The van der Waals surface area contributed by atoms with E-state index in [-0.39, 0.29) is 11.7 Å². The number of aryl methyl sites for hydroxylation is 1. The van der Waals surface area contributed by atoms with E-state index in [2.05, 4.69) is 21.1 Å². The first-order valence-electron chi connectivity index (χ1n) is 8.74. The summed E-state index contributed by atoms with van der Waals surface area (Å²) in [4.78, 5) is 5.52. The molecular formula is C19H20FN5O2S2. The molecule has 0 amide bonds. The van der Waals surface area contributed by atoms with E-state index in [0.717, 1.165) is 11.1 Å². The molecule has 0 bridgehead atoms. The van der Waals surface area contributed by atoms with Crippen LogP contribution in [0.3, 0.4) is 0 Å². The van der Waals surface area contributed by atoms with Crippen LogP contribution in [0.25, 0.3) is 21.9 Å².